The number of rotatable bonds is 3. The fraction of sp³-hybridized carbons (Fsp3) is 0.375. The van der Waals surface area contributed by atoms with E-state index in [1.54, 1.807) is 0 Å². The van der Waals surface area contributed by atoms with Gasteiger partial charge in [-0.25, -0.2) is 0 Å². The minimum absolute atomic E-state index is 0.527. The molecule has 1 rings (SSSR count). The Bertz CT molecular complexity index is 250. The number of nitrogens with two attached hydrogens (primary N) is 1. The summed E-state index contributed by atoms with van der Waals surface area (Å²) in [4.78, 5) is 0. The Labute approximate surface area is 66.5 Å². The van der Waals surface area contributed by atoms with Crippen LogP contribution in [-0.4, -0.2) is 16.3 Å². The highest BCUT2D eigenvalue weighted by atomic mass is 15.3. The lowest BCUT2D eigenvalue weighted by Gasteiger charge is -2.01. The van der Waals surface area contributed by atoms with Crippen molar-refractivity contribution in [2.75, 3.05) is 6.54 Å². The van der Waals surface area contributed by atoms with Crippen LogP contribution in [0.5, 0.6) is 0 Å². The average molecular weight is 151 g/mol. The molecule has 0 fully saturated rings. The molecule has 3 heteroatoms. The van der Waals surface area contributed by atoms with Crippen molar-refractivity contribution in [1.29, 1.82) is 0 Å². The van der Waals surface area contributed by atoms with Crippen molar-refractivity contribution in [3.8, 4) is 0 Å². The number of aromatic nitrogens is 2. The van der Waals surface area contributed by atoms with Crippen LogP contribution in [0, 0.1) is 6.92 Å². The van der Waals surface area contributed by atoms with Gasteiger partial charge in [-0.3, -0.25) is 4.68 Å². The maximum atomic E-state index is 5.39. The van der Waals surface area contributed by atoms with E-state index in [0.717, 1.165) is 17.8 Å². The summed E-state index contributed by atoms with van der Waals surface area (Å²) in [7, 11) is 0. The molecule has 0 aliphatic rings. The summed E-state index contributed by atoms with van der Waals surface area (Å²) in [5, 5.41) is 4.20. The predicted octanol–water partition coefficient (Wildman–Crippen LogP) is 0.706. The van der Waals surface area contributed by atoms with Gasteiger partial charge in [0, 0.05) is 12.7 Å². The average Bonchev–Trinajstić information content (AvgIpc) is 2.35. The van der Waals surface area contributed by atoms with Crippen LogP contribution in [0.4, 0.5) is 0 Å². The van der Waals surface area contributed by atoms with Crippen LogP contribution < -0.4 is 5.73 Å². The van der Waals surface area contributed by atoms with Gasteiger partial charge >= 0.3 is 0 Å². The predicted molar refractivity (Wildman–Crippen MR) is 45.2 cm³/mol. The molecule has 1 heterocycles. The van der Waals surface area contributed by atoms with Crippen LogP contribution in [0.3, 0.4) is 0 Å². The molecule has 0 radical (unpaired) electrons. The van der Waals surface area contributed by atoms with Gasteiger partial charge in [0.05, 0.1) is 12.2 Å². The molecule has 3 nitrogen and oxygen atoms in total. The van der Waals surface area contributed by atoms with E-state index in [1.807, 2.05) is 23.9 Å². The van der Waals surface area contributed by atoms with Crippen LogP contribution in [0.25, 0.3) is 0 Å². The minimum atomic E-state index is 0.527. The molecule has 1 aromatic heterocycles. The van der Waals surface area contributed by atoms with Crippen LogP contribution in [0.15, 0.2) is 24.4 Å². The lowest BCUT2D eigenvalue weighted by atomic mass is 10.3. The Hall–Kier alpha value is -1.09. The van der Waals surface area contributed by atoms with E-state index in [4.69, 9.17) is 5.73 Å². The molecule has 2 N–H and O–H groups in total. The molecule has 0 saturated heterocycles. The molecule has 0 spiro atoms. The van der Waals surface area contributed by atoms with Gasteiger partial charge in [0.1, 0.15) is 0 Å². The Morgan fingerprint density at radius 3 is 3.00 bits per heavy atom. The van der Waals surface area contributed by atoms with Crippen molar-refractivity contribution in [3.63, 3.8) is 0 Å². The molecule has 0 saturated carbocycles. The molecule has 0 aliphatic heterocycles. The van der Waals surface area contributed by atoms with Crippen LogP contribution in [-0.2, 0) is 6.54 Å². The van der Waals surface area contributed by atoms with Crippen LogP contribution in [0.1, 0.15) is 5.69 Å². The zero-order valence-corrected chi connectivity index (χ0v) is 6.75. The second-order valence-corrected chi connectivity index (χ2v) is 2.61. The summed E-state index contributed by atoms with van der Waals surface area (Å²) in [5.41, 5.74) is 7.40. The van der Waals surface area contributed by atoms with Gasteiger partial charge in [0.2, 0.25) is 0 Å². The number of aryl methyl sites for hydroxylation is 1. The van der Waals surface area contributed by atoms with E-state index in [1.165, 1.54) is 0 Å². The van der Waals surface area contributed by atoms with Gasteiger partial charge in [-0.1, -0.05) is 6.58 Å². The molecule has 1 aromatic rings. The van der Waals surface area contributed by atoms with E-state index in [2.05, 4.69) is 11.7 Å². The summed E-state index contributed by atoms with van der Waals surface area (Å²) >= 11 is 0. The molecule has 0 bridgehead atoms. The molecule has 60 valence electrons. The lowest BCUT2D eigenvalue weighted by molar-refractivity contribution is 0.664. The van der Waals surface area contributed by atoms with Crippen molar-refractivity contribution in [1.82, 2.24) is 9.78 Å². The minimum Gasteiger partial charge on any atom is -0.327 e. The first-order valence-electron chi connectivity index (χ1n) is 3.59. The summed E-state index contributed by atoms with van der Waals surface area (Å²) in [6, 6.07) is 1.96. The van der Waals surface area contributed by atoms with Gasteiger partial charge in [-0.2, -0.15) is 5.10 Å². The number of hydrogen-bond donors (Lipinski definition) is 1. The largest absolute Gasteiger partial charge is 0.327 e. The van der Waals surface area contributed by atoms with Gasteiger partial charge in [0.15, 0.2) is 0 Å². The van der Waals surface area contributed by atoms with E-state index in [0.29, 0.717) is 6.54 Å². The monoisotopic (exact) mass is 151 g/mol. The zero-order chi connectivity index (χ0) is 8.27. The van der Waals surface area contributed by atoms with Crippen LogP contribution in [0.2, 0.25) is 0 Å². The topological polar surface area (TPSA) is 43.8 Å². The number of nitrogens with zero attached hydrogens (tertiary/aromatic N) is 2. The summed E-state index contributed by atoms with van der Waals surface area (Å²) in [6.07, 6.45) is 1.93. The van der Waals surface area contributed by atoms with Gasteiger partial charge in [0.25, 0.3) is 0 Å². The summed E-state index contributed by atoms with van der Waals surface area (Å²) in [5.74, 6) is 0. The SMILES string of the molecule is C=C(CN)Cn1ccc(C)n1. The molecular weight excluding hydrogens is 138 g/mol. The van der Waals surface area contributed by atoms with Crippen molar-refractivity contribution in [2.45, 2.75) is 13.5 Å². The van der Waals surface area contributed by atoms with E-state index in [9.17, 15) is 0 Å². The Morgan fingerprint density at radius 1 is 1.82 bits per heavy atom. The van der Waals surface area contributed by atoms with E-state index in [-0.39, 0.29) is 0 Å². The highest BCUT2D eigenvalue weighted by Crippen LogP contribution is 1.96. The molecule has 0 aromatic carbocycles. The third-order valence-electron chi connectivity index (χ3n) is 1.45. The molecule has 0 atom stereocenters. The van der Waals surface area contributed by atoms with Crippen molar-refractivity contribution in [2.24, 2.45) is 5.73 Å². The van der Waals surface area contributed by atoms with Crippen LogP contribution >= 0.6 is 0 Å². The first kappa shape index (κ1) is 8.01. The lowest BCUT2D eigenvalue weighted by Crippen LogP contribution is -2.09. The summed E-state index contributed by atoms with van der Waals surface area (Å²) in [6.45, 7) is 7.01. The fourth-order valence-electron chi connectivity index (χ4n) is 0.845. The summed E-state index contributed by atoms with van der Waals surface area (Å²) < 4.78 is 1.84. The molecule has 0 unspecified atom stereocenters. The first-order valence-corrected chi connectivity index (χ1v) is 3.59. The van der Waals surface area contributed by atoms with Crippen molar-refractivity contribution in [3.05, 3.63) is 30.1 Å². The quantitative estimate of drug-likeness (QED) is 0.646. The second-order valence-electron chi connectivity index (χ2n) is 2.61. The molecule has 0 aliphatic carbocycles. The zero-order valence-electron chi connectivity index (χ0n) is 6.75. The molecule has 0 amide bonds. The Balaban J connectivity index is 2.57. The van der Waals surface area contributed by atoms with E-state index >= 15 is 0 Å². The molecular formula is C8H13N3. The number of hydrogen-bond acceptors (Lipinski definition) is 2. The van der Waals surface area contributed by atoms with E-state index < -0.39 is 0 Å². The second kappa shape index (κ2) is 3.34. The van der Waals surface area contributed by atoms with Gasteiger partial charge < -0.3 is 5.73 Å². The highest BCUT2D eigenvalue weighted by Gasteiger charge is 1.94. The Morgan fingerprint density at radius 2 is 2.55 bits per heavy atom. The van der Waals surface area contributed by atoms with Gasteiger partial charge in [-0.05, 0) is 18.6 Å². The van der Waals surface area contributed by atoms with Gasteiger partial charge in [-0.15, -0.1) is 0 Å². The normalized spacial score (nSPS) is 10.0. The third kappa shape index (κ3) is 2.20. The third-order valence-corrected chi connectivity index (χ3v) is 1.45. The first-order chi connectivity index (χ1) is 5.22. The maximum absolute atomic E-state index is 5.39. The highest BCUT2D eigenvalue weighted by molar-refractivity contribution is 5.00. The maximum Gasteiger partial charge on any atom is 0.0629 e. The van der Waals surface area contributed by atoms with Crippen molar-refractivity contribution >= 4 is 0 Å². The standard InChI is InChI=1S/C8H13N3/c1-7(5-9)6-11-4-3-8(2)10-11/h3-4H,1,5-6,9H2,2H3. The Kier molecular flexibility index (Phi) is 2.44. The van der Waals surface area contributed by atoms with Crippen molar-refractivity contribution < 1.29 is 0 Å². The smallest absolute Gasteiger partial charge is 0.0629 e. The molecule has 11 heavy (non-hydrogen) atoms. The fourth-order valence-corrected chi connectivity index (χ4v) is 0.845.